The molecule has 2 fully saturated rings. The third-order valence-corrected chi connectivity index (χ3v) is 5.57. The minimum absolute atomic E-state index is 0.0119. The van der Waals surface area contributed by atoms with Gasteiger partial charge < -0.3 is 13.8 Å². The van der Waals surface area contributed by atoms with Crippen LogP contribution in [0, 0.1) is 19.3 Å². The highest BCUT2D eigenvalue weighted by Gasteiger charge is 2.53. The van der Waals surface area contributed by atoms with Crippen LogP contribution in [0.25, 0.3) is 0 Å². The monoisotopic (exact) mass is 359 g/mol. The fourth-order valence-corrected chi connectivity index (χ4v) is 4.24. The number of rotatable bonds is 3. The van der Waals surface area contributed by atoms with Crippen LogP contribution in [0.5, 0.6) is 0 Å². The van der Waals surface area contributed by atoms with Crippen LogP contribution in [0.1, 0.15) is 65.8 Å². The Bertz CT molecular complexity index is 814. The molecule has 0 bridgehead atoms. The Kier molecular flexibility index (Phi) is 3.91. The number of carbonyl (C=O) groups is 1. The molecule has 2 aromatic heterocycles. The first kappa shape index (κ1) is 17.2. The van der Waals surface area contributed by atoms with Crippen LogP contribution in [-0.2, 0) is 0 Å². The van der Waals surface area contributed by atoms with E-state index in [1.807, 2.05) is 18.7 Å². The molecular formula is C18H25N5O3. The lowest BCUT2D eigenvalue weighted by Crippen LogP contribution is -2.59. The standard InChI is InChI=1S/C18H25N5O3/c1-10(2)15-19-20-16(25-15)13-6-18(7-22(13)5)8-23(9-18)17(24)14-11(3)21-26-12(14)4/h10,13H,6-9H2,1-5H3. The quantitative estimate of drug-likeness (QED) is 0.831. The number of hydrogen-bond donors (Lipinski definition) is 0. The van der Waals surface area contributed by atoms with Gasteiger partial charge in [0.1, 0.15) is 11.3 Å². The van der Waals surface area contributed by atoms with E-state index in [2.05, 4.69) is 27.3 Å². The van der Waals surface area contributed by atoms with Crippen molar-refractivity contribution in [2.75, 3.05) is 26.7 Å². The van der Waals surface area contributed by atoms with Gasteiger partial charge in [-0.1, -0.05) is 19.0 Å². The summed E-state index contributed by atoms with van der Waals surface area (Å²) in [4.78, 5) is 16.9. The van der Waals surface area contributed by atoms with Crippen molar-refractivity contribution in [1.29, 1.82) is 0 Å². The molecule has 2 aliphatic heterocycles. The summed E-state index contributed by atoms with van der Waals surface area (Å²) in [5, 5.41) is 12.3. The SMILES string of the molecule is Cc1noc(C)c1C(=O)N1CC2(CC(c3nnc(C(C)C)o3)N(C)C2)C1. The van der Waals surface area contributed by atoms with Crippen LogP contribution in [0.3, 0.4) is 0 Å². The van der Waals surface area contributed by atoms with Crippen LogP contribution in [0.15, 0.2) is 8.94 Å². The van der Waals surface area contributed by atoms with E-state index in [9.17, 15) is 4.79 Å². The Labute approximate surface area is 152 Å². The molecule has 4 rings (SSSR count). The van der Waals surface area contributed by atoms with Gasteiger partial charge in [-0.15, -0.1) is 10.2 Å². The summed E-state index contributed by atoms with van der Waals surface area (Å²) in [5.41, 5.74) is 1.35. The normalized spacial score (nSPS) is 22.4. The summed E-state index contributed by atoms with van der Waals surface area (Å²) in [7, 11) is 2.08. The number of nitrogens with zero attached hydrogens (tertiary/aromatic N) is 5. The van der Waals surface area contributed by atoms with Crippen LogP contribution in [0.4, 0.5) is 0 Å². The average Bonchev–Trinajstić information content (AvgIpc) is 3.23. The average molecular weight is 359 g/mol. The summed E-state index contributed by atoms with van der Waals surface area (Å²) in [6.45, 7) is 10.1. The predicted octanol–water partition coefficient (Wildman–Crippen LogP) is 2.32. The second-order valence-electron chi connectivity index (χ2n) is 8.13. The Morgan fingerprint density at radius 2 is 1.96 bits per heavy atom. The van der Waals surface area contributed by atoms with Crippen molar-refractivity contribution in [2.45, 2.75) is 46.1 Å². The van der Waals surface area contributed by atoms with Gasteiger partial charge in [0, 0.05) is 31.0 Å². The molecule has 2 saturated heterocycles. The largest absolute Gasteiger partial charge is 0.423 e. The lowest BCUT2D eigenvalue weighted by atomic mass is 9.77. The molecule has 2 aliphatic rings. The van der Waals surface area contributed by atoms with Crippen molar-refractivity contribution in [3.05, 3.63) is 28.8 Å². The summed E-state index contributed by atoms with van der Waals surface area (Å²) in [5.74, 6) is 2.19. The van der Waals surface area contributed by atoms with Crippen LogP contribution < -0.4 is 0 Å². The number of carbonyl (C=O) groups excluding carboxylic acids is 1. The zero-order chi connectivity index (χ0) is 18.6. The molecule has 1 atom stereocenters. The molecular weight excluding hydrogens is 334 g/mol. The molecule has 26 heavy (non-hydrogen) atoms. The molecule has 0 saturated carbocycles. The fourth-order valence-electron chi connectivity index (χ4n) is 4.24. The van der Waals surface area contributed by atoms with E-state index in [4.69, 9.17) is 8.94 Å². The highest BCUT2D eigenvalue weighted by Crippen LogP contribution is 2.48. The van der Waals surface area contributed by atoms with Gasteiger partial charge in [-0.2, -0.15) is 0 Å². The lowest BCUT2D eigenvalue weighted by Gasteiger charge is -2.48. The highest BCUT2D eigenvalue weighted by molar-refractivity contribution is 5.96. The molecule has 8 heteroatoms. The molecule has 4 heterocycles. The minimum Gasteiger partial charge on any atom is -0.423 e. The van der Waals surface area contributed by atoms with Gasteiger partial charge >= 0.3 is 0 Å². The molecule has 1 unspecified atom stereocenters. The first-order valence-electron chi connectivity index (χ1n) is 9.05. The van der Waals surface area contributed by atoms with Crippen LogP contribution in [0.2, 0.25) is 0 Å². The van der Waals surface area contributed by atoms with Gasteiger partial charge in [-0.3, -0.25) is 9.69 Å². The minimum atomic E-state index is 0.0119. The van der Waals surface area contributed by atoms with E-state index in [0.717, 1.165) is 26.1 Å². The second kappa shape index (κ2) is 5.90. The lowest BCUT2D eigenvalue weighted by molar-refractivity contribution is 0.0113. The summed E-state index contributed by atoms with van der Waals surface area (Å²) < 4.78 is 11.0. The van der Waals surface area contributed by atoms with E-state index < -0.39 is 0 Å². The maximum atomic E-state index is 12.8. The van der Waals surface area contributed by atoms with Gasteiger partial charge in [-0.25, -0.2) is 0 Å². The van der Waals surface area contributed by atoms with Gasteiger partial charge in [0.15, 0.2) is 0 Å². The topological polar surface area (TPSA) is 88.5 Å². The first-order chi connectivity index (χ1) is 12.3. The number of aryl methyl sites for hydroxylation is 2. The summed E-state index contributed by atoms with van der Waals surface area (Å²) in [6.07, 6.45) is 0.925. The summed E-state index contributed by atoms with van der Waals surface area (Å²) in [6, 6.07) is 0.117. The van der Waals surface area contributed by atoms with Crippen molar-refractivity contribution in [3.63, 3.8) is 0 Å². The molecule has 140 valence electrons. The number of likely N-dealkylation sites (tertiary alicyclic amines) is 2. The molecule has 0 radical (unpaired) electrons. The Balaban J connectivity index is 1.45. The van der Waals surface area contributed by atoms with Gasteiger partial charge in [0.2, 0.25) is 11.8 Å². The third kappa shape index (κ3) is 2.63. The Hall–Kier alpha value is -2.22. The highest BCUT2D eigenvalue weighted by atomic mass is 16.5. The molecule has 1 amide bonds. The van der Waals surface area contributed by atoms with E-state index in [0.29, 0.717) is 28.8 Å². The van der Waals surface area contributed by atoms with E-state index >= 15 is 0 Å². The van der Waals surface area contributed by atoms with Crippen molar-refractivity contribution in [1.82, 2.24) is 25.2 Å². The maximum absolute atomic E-state index is 12.8. The van der Waals surface area contributed by atoms with Crippen molar-refractivity contribution in [2.24, 2.45) is 5.41 Å². The van der Waals surface area contributed by atoms with E-state index in [1.54, 1.807) is 13.8 Å². The van der Waals surface area contributed by atoms with Crippen molar-refractivity contribution >= 4 is 5.91 Å². The molecule has 0 aromatic carbocycles. The molecule has 8 nitrogen and oxygen atoms in total. The van der Waals surface area contributed by atoms with Crippen LogP contribution in [-0.4, -0.2) is 57.7 Å². The van der Waals surface area contributed by atoms with E-state index in [-0.39, 0.29) is 23.3 Å². The molecule has 0 N–H and O–H groups in total. The predicted molar refractivity (Wildman–Crippen MR) is 92.7 cm³/mol. The molecule has 0 aliphatic carbocycles. The first-order valence-corrected chi connectivity index (χ1v) is 9.05. The van der Waals surface area contributed by atoms with Gasteiger partial charge in [-0.05, 0) is 27.3 Å². The zero-order valence-electron chi connectivity index (χ0n) is 15.9. The maximum Gasteiger partial charge on any atom is 0.259 e. The molecule has 2 aromatic rings. The number of hydrogen-bond acceptors (Lipinski definition) is 7. The smallest absolute Gasteiger partial charge is 0.259 e. The Morgan fingerprint density at radius 1 is 1.23 bits per heavy atom. The summed E-state index contributed by atoms with van der Waals surface area (Å²) >= 11 is 0. The second-order valence-corrected chi connectivity index (χ2v) is 8.13. The number of amides is 1. The van der Waals surface area contributed by atoms with Gasteiger partial charge in [0.05, 0.1) is 11.7 Å². The molecule has 1 spiro atoms. The number of aromatic nitrogens is 3. The van der Waals surface area contributed by atoms with Crippen molar-refractivity contribution in [3.8, 4) is 0 Å². The third-order valence-electron chi connectivity index (χ3n) is 5.57. The van der Waals surface area contributed by atoms with Crippen LogP contribution >= 0.6 is 0 Å². The Morgan fingerprint density at radius 3 is 2.54 bits per heavy atom. The van der Waals surface area contributed by atoms with Gasteiger partial charge in [0.25, 0.3) is 5.91 Å². The van der Waals surface area contributed by atoms with Crippen molar-refractivity contribution < 1.29 is 13.7 Å². The zero-order valence-corrected chi connectivity index (χ0v) is 15.9. The fraction of sp³-hybridized carbons (Fsp3) is 0.667. The van der Waals surface area contributed by atoms with E-state index in [1.165, 1.54) is 0 Å².